The van der Waals surface area contributed by atoms with Crippen LogP contribution in [0.5, 0.6) is 5.75 Å². The van der Waals surface area contributed by atoms with E-state index in [9.17, 15) is 13.2 Å². The molecular weight excluding hydrogens is 394 g/mol. The van der Waals surface area contributed by atoms with Crippen molar-refractivity contribution in [2.24, 2.45) is 0 Å². The van der Waals surface area contributed by atoms with Crippen LogP contribution in [0.2, 0.25) is 0 Å². The van der Waals surface area contributed by atoms with Crippen molar-refractivity contribution in [2.45, 2.75) is 43.7 Å². The Bertz CT molecular complexity index is 1000. The molecule has 0 aliphatic carbocycles. The first-order chi connectivity index (χ1) is 13.9. The zero-order chi connectivity index (χ0) is 20.6. The third-order valence-corrected chi connectivity index (χ3v) is 7.58. The number of amides is 1. The summed E-state index contributed by atoms with van der Waals surface area (Å²) < 4.78 is 34.8. The maximum Gasteiger partial charge on any atom is 0.243 e. The first-order valence-corrected chi connectivity index (χ1v) is 11.2. The predicted molar refractivity (Wildman–Crippen MR) is 105 cm³/mol. The van der Waals surface area contributed by atoms with Crippen molar-refractivity contribution in [1.29, 1.82) is 0 Å². The minimum absolute atomic E-state index is 0.0298. The Morgan fingerprint density at radius 3 is 2.55 bits per heavy atom. The molecule has 1 aromatic heterocycles. The van der Waals surface area contributed by atoms with E-state index >= 15 is 0 Å². The van der Waals surface area contributed by atoms with Gasteiger partial charge >= 0.3 is 0 Å². The lowest BCUT2D eigenvalue weighted by molar-refractivity contribution is -0.129. The largest absolute Gasteiger partial charge is 0.497 e. The second-order valence-electron chi connectivity index (χ2n) is 7.33. The van der Waals surface area contributed by atoms with Gasteiger partial charge in [0.15, 0.2) is 5.82 Å². The number of nitrogens with zero attached hydrogens (tertiary/aromatic N) is 5. The highest BCUT2D eigenvalue weighted by molar-refractivity contribution is 7.89. The summed E-state index contributed by atoms with van der Waals surface area (Å²) in [6.07, 6.45) is 2.27. The number of rotatable bonds is 4. The van der Waals surface area contributed by atoms with Crippen LogP contribution in [0.25, 0.3) is 0 Å². The van der Waals surface area contributed by atoms with Crippen LogP contribution in [-0.2, 0) is 27.8 Å². The van der Waals surface area contributed by atoms with Crippen molar-refractivity contribution in [1.82, 2.24) is 24.0 Å². The number of hydrogen-bond acceptors (Lipinski definition) is 6. The lowest BCUT2D eigenvalue weighted by Crippen LogP contribution is -2.34. The number of benzene rings is 1. The van der Waals surface area contributed by atoms with Crippen LogP contribution in [0.1, 0.15) is 37.5 Å². The third-order valence-electron chi connectivity index (χ3n) is 5.67. The molecule has 156 valence electrons. The number of ether oxygens (including phenoxy) is 1. The molecule has 0 N–H and O–H groups in total. The second-order valence-corrected chi connectivity index (χ2v) is 9.26. The zero-order valence-electron chi connectivity index (χ0n) is 16.6. The fourth-order valence-corrected chi connectivity index (χ4v) is 5.55. The molecule has 2 aliphatic heterocycles. The first kappa shape index (κ1) is 19.8. The summed E-state index contributed by atoms with van der Waals surface area (Å²) in [6, 6.07) is 6.34. The van der Waals surface area contributed by atoms with Gasteiger partial charge in [-0.15, -0.1) is 10.2 Å². The Morgan fingerprint density at radius 2 is 1.86 bits per heavy atom. The van der Waals surface area contributed by atoms with Gasteiger partial charge in [0.05, 0.1) is 18.0 Å². The number of carbonyl (C=O) groups is 1. The molecular formula is C19H25N5O4S. The lowest BCUT2D eigenvalue weighted by Gasteiger charge is -2.23. The summed E-state index contributed by atoms with van der Waals surface area (Å²) in [5, 5.41) is 8.66. The first-order valence-electron chi connectivity index (χ1n) is 9.75. The van der Waals surface area contributed by atoms with Gasteiger partial charge < -0.3 is 14.2 Å². The molecule has 0 bridgehead atoms. The molecule has 0 spiro atoms. The summed E-state index contributed by atoms with van der Waals surface area (Å²) in [6.45, 7) is 3.43. The van der Waals surface area contributed by atoms with Crippen molar-refractivity contribution < 1.29 is 17.9 Å². The van der Waals surface area contributed by atoms with Crippen molar-refractivity contribution in [2.75, 3.05) is 26.7 Å². The molecule has 9 nitrogen and oxygen atoms in total. The number of sulfonamides is 1. The van der Waals surface area contributed by atoms with Crippen LogP contribution in [0, 0.1) is 0 Å². The Hall–Kier alpha value is -2.46. The monoisotopic (exact) mass is 419 g/mol. The summed E-state index contributed by atoms with van der Waals surface area (Å²) in [7, 11) is -2.07. The minimum atomic E-state index is -3.61. The maximum absolute atomic E-state index is 13.1. The van der Waals surface area contributed by atoms with Gasteiger partial charge in [0.2, 0.25) is 15.9 Å². The van der Waals surface area contributed by atoms with Crippen LogP contribution in [0.3, 0.4) is 0 Å². The summed E-state index contributed by atoms with van der Waals surface area (Å²) in [4.78, 5) is 14.0. The van der Waals surface area contributed by atoms with Gasteiger partial charge in [-0.1, -0.05) is 0 Å². The number of fused-ring (bicyclic) bond motifs is 1. The number of carbonyl (C=O) groups excluding carboxylic acids is 1. The van der Waals surface area contributed by atoms with E-state index in [4.69, 9.17) is 4.74 Å². The normalized spacial score (nSPS) is 20.3. The van der Waals surface area contributed by atoms with Gasteiger partial charge in [-0.05, 0) is 37.1 Å². The summed E-state index contributed by atoms with van der Waals surface area (Å²) in [5.74, 6) is 2.17. The van der Waals surface area contributed by atoms with E-state index in [-0.39, 0.29) is 16.8 Å². The maximum atomic E-state index is 13.1. The van der Waals surface area contributed by atoms with E-state index in [1.54, 1.807) is 38.3 Å². The smallest absolute Gasteiger partial charge is 0.243 e. The van der Waals surface area contributed by atoms with Crippen LogP contribution < -0.4 is 4.74 Å². The SMILES string of the molecule is COc1ccc(S(=O)(=O)N2CCc3nnc(C4CCCN4C(C)=O)n3CC2)cc1. The second kappa shape index (κ2) is 7.75. The van der Waals surface area contributed by atoms with Crippen LogP contribution >= 0.6 is 0 Å². The van der Waals surface area contributed by atoms with E-state index < -0.39 is 10.0 Å². The fraction of sp³-hybridized carbons (Fsp3) is 0.526. The summed E-state index contributed by atoms with van der Waals surface area (Å²) >= 11 is 0. The molecule has 1 unspecified atom stereocenters. The average Bonchev–Trinajstić information content (AvgIpc) is 3.29. The predicted octanol–water partition coefficient (Wildman–Crippen LogP) is 1.22. The Balaban J connectivity index is 1.55. The van der Waals surface area contributed by atoms with Crippen LogP contribution in [0.15, 0.2) is 29.2 Å². The summed E-state index contributed by atoms with van der Waals surface area (Å²) in [5.41, 5.74) is 0. The van der Waals surface area contributed by atoms with E-state index in [2.05, 4.69) is 10.2 Å². The van der Waals surface area contributed by atoms with Gasteiger partial charge in [-0.3, -0.25) is 4.79 Å². The molecule has 1 saturated heterocycles. The Labute approximate surface area is 170 Å². The van der Waals surface area contributed by atoms with E-state index in [1.807, 2.05) is 9.47 Å². The number of methoxy groups -OCH3 is 1. The van der Waals surface area contributed by atoms with Crippen molar-refractivity contribution in [3.05, 3.63) is 35.9 Å². The van der Waals surface area contributed by atoms with Gasteiger partial charge in [0.1, 0.15) is 11.6 Å². The Morgan fingerprint density at radius 1 is 1.10 bits per heavy atom. The molecule has 29 heavy (non-hydrogen) atoms. The van der Waals surface area contributed by atoms with Gasteiger partial charge in [-0.2, -0.15) is 4.31 Å². The molecule has 2 aromatic rings. The standard InChI is InChI=1S/C19H25N5O4S/c1-14(25)23-10-3-4-17(23)19-21-20-18-9-11-22(12-13-24(18)19)29(26,27)16-7-5-15(28-2)6-8-16/h5-8,17H,3-4,9-13H2,1-2H3. The van der Waals surface area contributed by atoms with Crippen LogP contribution in [-0.4, -0.2) is 65.0 Å². The third kappa shape index (κ3) is 3.62. The molecule has 0 saturated carbocycles. The molecule has 2 aliphatic rings. The van der Waals surface area contributed by atoms with Gasteiger partial charge in [0.25, 0.3) is 0 Å². The number of aromatic nitrogens is 3. The molecule has 1 fully saturated rings. The number of hydrogen-bond donors (Lipinski definition) is 0. The molecule has 3 heterocycles. The molecule has 1 amide bonds. The zero-order valence-corrected chi connectivity index (χ0v) is 17.4. The molecule has 0 radical (unpaired) electrons. The van der Waals surface area contributed by atoms with Gasteiger partial charge in [0, 0.05) is 39.5 Å². The molecule has 10 heteroatoms. The Kier molecular flexibility index (Phi) is 5.30. The minimum Gasteiger partial charge on any atom is -0.497 e. The molecule has 4 rings (SSSR count). The molecule has 1 aromatic carbocycles. The van der Waals surface area contributed by atoms with E-state index in [0.29, 0.717) is 31.8 Å². The highest BCUT2D eigenvalue weighted by Gasteiger charge is 2.34. The highest BCUT2D eigenvalue weighted by Crippen LogP contribution is 2.32. The van der Waals surface area contributed by atoms with Gasteiger partial charge in [-0.25, -0.2) is 8.42 Å². The van der Waals surface area contributed by atoms with E-state index in [0.717, 1.165) is 31.0 Å². The number of likely N-dealkylation sites (tertiary alicyclic amines) is 1. The fourth-order valence-electron chi connectivity index (χ4n) is 4.12. The van der Waals surface area contributed by atoms with Crippen molar-refractivity contribution in [3.63, 3.8) is 0 Å². The highest BCUT2D eigenvalue weighted by atomic mass is 32.2. The van der Waals surface area contributed by atoms with E-state index in [1.165, 1.54) is 4.31 Å². The molecule has 1 atom stereocenters. The van der Waals surface area contributed by atoms with Crippen molar-refractivity contribution >= 4 is 15.9 Å². The van der Waals surface area contributed by atoms with Crippen LogP contribution in [0.4, 0.5) is 0 Å². The topological polar surface area (TPSA) is 97.6 Å². The lowest BCUT2D eigenvalue weighted by atomic mass is 10.2. The average molecular weight is 420 g/mol. The van der Waals surface area contributed by atoms with Crippen molar-refractivity contribution in [3.8, 4) is 5.75 Å². The quantitative estimate of drug-likeness (QED) is 0.739.